The SMILES string of the molecule is NC1=Nc2[nH]ncc2C(N)N1C1Cc2ccccc2N(S(=O)(=O)c2cccc(Br)c2)C1. The number of fused-ring (bicyclic) bond motifs is 2. The highest BCUT2D eigenvalue weighted by Gasteiger charge is 2.40. The van der Waals surface area contributed by atoms with Crippen molar-refractivity contribution in [3.8, 4) is 0 Å². The van der Waals surface area contributed by atoms with Crippen LogP contribution in [0, 0.1) is 0 Å². The lowest BCUT2D eigenvalue weighted by atomic mass is 9.97. The second-order valence-electron chi connectivity index (χ2n) is 7.48. The number of nitrogens with two attached hydrogens (primary N) is 2. The number of benzene rings is 2. The first-order chi connectivity index (χ1) is 14.9. The van der Waals surface area contributed by atoms with Crippen molar-refractivity contribution in [3.05, 3.63) is 70.3 Å². The second kappa shape index (κ2) is 7.36. The van der Waals surface area contributed by atoms with Crippen LogP contribution in [0.5, 0.6) is 0 Å². The molecule has 160 valence electrons. The fourth-order valence-corrected chi connectivity index (χ4v) is 6.31. The number of nitrogens with one attached hydrogen (secondary N) is 1. The lowest BCUT2D eigenvalue weighted by Gasteiger charge is -2.44. The van der Waals surface area contributed by atoms with E-state index in [0.717, 1.165) is 11.1 Å². The molecule has 0 amide bonds. The van der Waals surface area contributed by atoms with Gasteiger partial charge in [-0.05, 0) is 36.2 Å². The summed E-state index contributed by atoms with van der Waals surface area (Å²) in [6.45, 7) is 0.183. The van der Waals surface area contributed by atoms with E-state index in [1.54, 1.807) is 35.4 Å². The Morgan fingerprint density at radius 2 is 1.97 bits per heavy atom. The third-order valence-electron chi connectivity index (χ3n) is 5.63. The number of aromatic amines is 1. The first kappa shape index (κ1) is 20.0. The van der Waals surface area contributed by atoms with E-state index in [1.165, 1.54) is 4.31 Å². The smallest absolute Gasteiger partial charge is 0.264 e. The minimum Gasteiger partial charge on any atom is -0.369 e. The Kier molecular flexibility index (Phi) is 4.76. The maximum Gasteiger partial charge on any atom is 0.264 e. The van der Waals surface area contributed by atoms with Gasteiger partial charge in [0.1, 0.15) is 6.17 Å². The Hall–Kier alpha value is -2.89. The molecule has 2 aliphatic rings. The van der Waals surface area contributed by atoms with Gasteiger partial charge in [-0.1, -0.05) is 40.2 Å². The normalized spacial score (nSPS) is 20.8. The van der Waals surface area contributed by atoms with Crippen LogP contribution in [0.2, 0.25) is 0 Å². The zero-order valence-electron chi connectivity index (χ0n) is 16.3. The molecule has 0 fully saturated rings. The highest BCUT2D eigenvalue weighted by molar-refractivity contribution is 9.10. The molecule has 9 nitrogen and oxygen atoms in total. The van der Waals surface area contributed by atoms with E-state index in [9.17, 15) is 8.42 Å². The predicted octanol–water partition coefficient (Wildman–Crippen LogP) is 2.21. The number of para-hydroxylation sites is 1. The molecule has 0 aliphatic carbocycles. The van der Waals surface area contributed by atoms with Crippen molar-refractivity contribution in [3.63, 3.8) is 0 Å². The summed E-state index contributed by atoms with van der Waals surface area (Å²) < 4.78 is 29.4. The summed E-state index contributed by atoms with van der Waals surface area (Å²) in [4.78, 5) is 6.36. The highest BCUT2D eigenvalue weighted by Crippen LogP contribution is 2.37. The molecule has 11 heteroatoms. The van der Waals surface area contributed by atoms with Crippen molar-refractivity contribution < 1.29 is 8.42 Å². The number of H-pyrrole nitrogens is 1. The van der Waals surface area contributed by atoms with Crippen LogP contribution in [0.1, 0.15) is 17.3 Å². The van der Waals surface area contributed by atoms with Crippen molar-refractivity contribution in [1.82, 2.24) is 15.1 Å². The molecule has 0 spiro atoms. The molecule has 3 heterocycles. The van der Waals surface area contributed by atoms with Crippen LogP contribution in [0.25, 0.3) is 0 Å². The molecule has 31 heavy (non-hydrogen) atoms. The monoisotopic (exact) mass is 501 g/mol. The summed E-state index contributed by atoms with van der Waals surface area (Å²) in [6.07, 6.45) is 1.62. The van der Waals surface area contributed by atoms with Gasteiger partial charge >= 0.3 is 0 Å². The lowest BCUT2D eigenvalue weighted by molar-refractivity contribution is 0.233. The number of anilines is 1. The Labute approximate surface area is 187 Å². The number of sulfonamides is 1. The van der Waals surface area contributed by atoms with Gasteiger partial charge in [0, 0.05) is 4.47 Å². The van der Waals surface area contributed by atoms with Crippen molar-refractivity contribution in [2.24, 2.45) is 16.5 Å². The zero-order chi connectivity index (χ0) is 21.8. The van der Waals surface area contributed by atoms with Crippen LogP contribution in [0.4, 0.5) is 11.5 Å². The summed E-state index contributed by atoms with van der Waals surface area (Å²) in [5.74, 6) is 0.754. The largest absolute Gasteiger partial charge is 0.369 e. The second-order valence-corrected chi connectivity index (χ2v) is 10.3. The Morgan fingerprint density at radius 1 is 1.16 bits per heavy atom. The molecule has 3 aromatic rings. The summed E-state index contributed by atoms with van der Waals surface area (Å²) in [6, 6.07) is 13.9. The molecular formula is C20H20BrN7O2S. The maximum absolute atomic E-state index is 13.6. The molecule has 0 radical (unpaired) electrons. The summed E-state index contributed by atoms with van der Waals surface area (Å²) in [5.41, 5.74) is 15.0. The van der Waals surface area contributed by atoms with E-state index >= 15 is 0 Å². The third kappa shape index (κ3) is 3.29. The molecule has 2 atom stereocenters. The maximum atomic E-state index is 13.6. The predicted molar refractivity (Wildman–Crippen MR) is 121 cm³/mol. The molecule has 5 N–H and O–H groups in total. The summed E-state index contributed by atoms with van der Waals surface area (Å²) in [5, 5.41) is 6.78. The van der Waals surface area contributed by atoms with Crippen molar-refractivity contribution in [2.75, 3.05) is 10.8 Å². The van der Waals surface area contributed by atoms with Gasteiger partial charge in [0.2, 0.25) is 0 Å². The Bertz CT molecular complexity index is 1290. The number of nitrogens with zero attached hydrogens (tertiary/aromatic N) is 4. The molecule has 2 unspecified atom stereocenters. The molecule has 0 saturated carbocycles. The zero-order valence-corrected chi connectivity index (χ0v) is 18.7. The molecule has 0 saturated heterocycles. The molecule has 5 rings (SSSR count). The van der Waals surface area contributed by atoms with Gasteiger partial charge in [0.15, 0.2) is 11.8 Å². The van der Waals surface area contributed by atoms with Gasteiger partial charge < -0.3 is 16.4 Å². The number of aromatic nitrogens is 2. The highest BCUT2D eigenvalue weighted by atomic mass is 79.9. The Balaban J connectivity index is 1.58. The summed E-state index contributed by atoms with van der Waals surface area (Å²) >= 11 is 3.36. The minimum atomic E-state index is -3.82. The molecule has 2 aliphatic heterocycles. The van der Waals surface area contributed by atoms with Crippen molar-refractivity contribution in [1.29, 1.82) is 0 Å². The van der Waals surface area contributed by atoms with Crippen LogP contribution < -0.4 is 15.8 Å². The van der Waals surface area contributed by atoms with Gasteiger partial charge in [0.05, 0.1) is 34.9 Å². The van der Waals surface area contributed by atoms with E-state index < -0.39 is 16.2 Å². The van der Waals surface area contributed by atoms with Crippen molar-refractivity contribution in [2.45, 2.75) is 23.5 Å². The fraction of sp³-hybridized carbons (Fsp3) is 0.200. The third-order valence-corrected chi connectivity index (χ3v) is 7.90. The van der Waals surface area contributed by atoms with Gasteiger partial charge in [-0.3, -0.25) is 9.40 Å². The van der Waals surface area contributed by atoms with E-state index in [-0.39, 0.29) is 23.4 Å². The number of halogens is 1. The van der Waals surface area contributed by atoms with E-state index in [0.29, 0.717) is 22.4 Å². The van der Waals surface area contributed by atoms with Crippen LogP contribution >= 0.6 is 15.9 Å². The standard InChI is InChI=1S/C20H20BrN7O2S/c21-13-5-3-6-15(9-13)31(29,30)27-11-14(8-12-4-1-2-7-17(12)27)28-18(22)16-10-24-26-19(16)25-20(28)23/h1-7,9-10,14,18H,8,11,22H2,(H3,23,24,25,26). The van der Waals surface area contributed by atoms with Crippen molar-refractivity contribution >= 4 is 43.4 Å². The van der Waals surface area contributed by atoms with E-state index in [2.05, 4.69) is 31.1 Å². The van der Waals surface area contributed by atoms with E-state index in [4.69, 9.17) is 11.5 Å². The first-order valence-electron chi connectivity index (χ1n) is 9.64. The van der Waals surface area contributed by atoms with Gasteiger partial charge in [-0.15, -0.1) is 0 Å². The van der Waals surface area contributed by atoms with Gasteiger partial charge in [-0.25, -0.2) is 8.42 Å². The first-order valence-corrected chi connectivity index (χ1v) is 11.9. The quantitative estimate of drug-likeness (QED) is 0.503. The fourth-order valence-electron chi connectivity index (χ4n) is 4.18. The topological polar surface area (TPSA) is 134 Å². The van der Waals surface area contributed by atoms with Crippen LogP contribution in [0.3, 0.4) is 0 Å². The molecule has 1 aromatic heterocycles. The average Bonchev–Trinajstić information content (AvgIpc) is 3.22. The average molecular weight is 502 g/mol. The summed E-state index contributed by atoms with van der Waals surface area (Å²) in [7, 11) is -3.82. The number of rotatable bonds is 3. The minimum absolute atomic E-state index is 0.183. The van der Waals surface area contributed by atoms with Gasteiger partial charge in [0.25, 0.3) is 10.0 Å². The van der Waals surface area contributed by atoms with Gasteiger partial charge in [-0.2, -0.15) is 10.1 Å². The molecular weight excluding hydrogens is 482 g/mol. The van der Waals surface area contributed by atoms with Crippen LogP contribution in [-0.4, -0.2) is 42.1 Å². The van der Waals surface area contributed by atoms with E-state index in [1.807, 2.05) is 24.3 Å². The number of hydrogen-bond acceptors (Lipinski definition) is 7. The molecule has 0 bridgehead atoms. The number of guanidine groups is 1. The number of aliphatic imine (C=N–C) groups is 1. The Morgan fingerprint density at radius 3 is 2.77 bits per heavy atom. The lowest BCUT2D eigenvalue weighted by Crippen LogP contribution is -2.57. The number of hydrogen-bond donors (Lipinski definition) is 3. The van der Waals surface area contributed by atoms with Crippen LogP contribution in [-0.2, 0) is 16.4 Å². The van der Waals surface area contributed by atoms with Crippen LogP contribution in [0.15, 0.2) is 69.1 Å². The molecule has 2 aromatic carbocycles.